The summed E-state index contributed by atoms with van der Waals surface area (Å²) in [6.07, 6.45) is 1.10. The van der Waals surface area contributed by atoms with E-state index in [1.165, 1.54) is 5.56 Å². The number of likely N-dealkylation sites (tertiary alicyclic amines) is 1. The molecule has 0 radical (unpaired) electrons. The van der Waals surface area contributed by atoms with Crippen molar-refractivity contribution >= 4 is 16.8 Å². The van der Waals surface area contributed by atoms with Gasteiger partial charge in [-0.05, 0) is 46.6 Å². The molecule has 5 nitrogen and oxygen atoms in total. The largest absolute Gasteiger partial charge is 0.357 e. The van der Waals surface area contributed by atoms with E-state index in [1.807, 2.05) is 20.8 Å². The first kappa shape index (κ1) is 21.9. The van der Waals surface area contributed by atoms with Crippen LogP contribution in [-0.4, -0.2) is 57.3 Å². The van der Waals surface area contributed by atoms with Gasteiger partial charge >= 0.3 is 0 Å². The second-order valence-corrected chi connectivity index (χ2v) is 10.6. The molecule has 1 saturated heterocycles. The molecule has 6 heteroatoms. The topological polar surface area (TPSA) is 56.7 Å². The number of nitrogens with one attached hydrogen (secondary N) is 2. The lowest BCUT2D eigenvalue weighted by Crippen LogP contribution is -2.44. The smallest absolute Gasteiger partial charge is 0.191 e. The molecule has 0 aromatic heterocycles. The van der Waals surface area contributed by atoms with Crippen LogP contribution < -0.4 is 10.6 Å². The van der Waals surface area contributed by atoms with Gasteiger partial charge in [-0.25, -0.2) is 0 Å². The van der Waals surface area contributed by atoms with Gasteiger partial charge in [-0.15, -0.1) is 0 Å². The molecule has 152 valence electrons. The number of hydrogen-bond donors (Lipinski definition) is 2. The maximum atomic E-state index is 12.2. The van der Waals surface area contributed by atoms with Crippen molar-refractivity contribution in [3.05, 3.63) is 35.9 Å². The van der Waals surface area contributed by atoms with Gasteiger partial charge in [-0.1, -0.05) is 30.3 Å². The molecule has 2 rings (SSSR count). The fraction of sp³-hybridized carbons (Fsp3) is 0.667. The van der Waals surface area contributed by atoms with Gasteiger partial charge in [0.1, 0.15) is 0 Å². The van der Waals surface area contributed by atoms with Crippen molar-refractivity contribution in [2.75, 3.05) is 25.4 Å². The molecule has 3 atom stereocenters. The van der Waals surface area contributed by atoms with Crippen LogP contribution in [0, 0.1) is 0 Å². The molecule has 2 N–H and O–H groups in total. The molecular weight excluding hydrogens is 356 g/mol. The predicted octanol–water partition coefficient (Wildman–Crippen LogP) is 2.75. The second kappa shape index (κ2) is 10.2. The highest BCUT2D eigenvalue weighted by molar-refractivity contribution is 7.86. The number of rotatable bonds is 7. The fourth-order valence-corrected chi connectivity index (χ4v) is 4.17. The van der Waals surface area contributed by atoms with Crippen molar-refractivity contribution in [3.63, 3.8) is 0 Å². The highest BCUT2D eigenvalue weighted by Gasteiger charge is 2.29. The van der Waals surface area contributed by atoms with Gasteiger partial charge in [-0.2, -0.15) is 0 Å². The SMILES string of the molecule is CCNC(=NCCS(=O)C(C)(C)C)NC1CC(C)N(Cc2ccccc2)C1. The average molecular weight is 393 g/mol. The maximum Gasteiger partial charge on any atom is 0.191 e. The molecule has 27 heavy (non-hydrogen) atoms. The van der Waals surface area contributed by atoms with Crippen LogP contribution in [0.15, 0.2) is 35.3 Å². The molecule has 0 bridgehead atoms. The van der Waals surface area contributed by atoms with Crippen LogP contribution in [0.5, 0.6) is 0 Å². The summed E-state index contributed by atoms with van der Waals surface area (Å²) in [6, 6.07) is 11.6. The quantitative estimate of drug-likeness (QED) is 0.553. The number of aliphatic imine (C=N–C) groups is 1. The van der Waals surface area contributed by atoms with Crippen molar-refractivity contribution in [1.29, 1.82) is 0 Å². The van der Waals surface area contributed by atoms with E-state index in [4.69, 9.17) is 0 Å². The van der Waals surface area contributed by atoms with Crippen molar-refractivity contribution in [1.82, 2.24) is 15.5 Å². The Morgan fingerprint density at radius 3 is 2.63 bits per heavy atom. The summed E-state index contributed by atoms with van der Waals surface area (Å²) in [4.78, 5) is 7.17. The Morgan fingerprint density at radius 2 is 2.00 bits per heavy atom. The molecule has 1 aromatic rings. The third-order valence-electron chi connectivity index (χ3n) is 4.85. The van der Waals surface area contributed by atoms with E-state index in [1.54, 1.807) is 0 Å². The Bertz CT molecular complexity index is 627. The Labute approximate surface area is 167 Å². The monoisotopic (exact) mass is 392 g/mol. The lowest BCUT2D eigenvalue weighted by molar-refractivity contribution is 0.258. The first-order valence-corrected chi connectivity index (χ1v) is 11.3. The van der Waals surface area contributed by atoms with Gasteiger partial charge in [0.25, 0.3) is 0 Å². The standard InChI is InChI=1S/C21H36N4OS/c1-6-22-20(23-12-13-27(26)21(3,4)5)24-19-14-17(2)25(16-19)15-18-10-8-7-9-11-18/h7-11,17,19H,6,12-16H2,1-5H3,(H2,22,23,24). The number of nitrogens with zero attached hydrogens (tertiary/aromatic N) is 2. The van der Waals surface area contributed by atoms with E-state index in [2.05, 4.69) is 64.7 Å². The molecule has 1 heterocycles. The predicted molar refractivity (Wildman–Crippen MR) is 117 cm³/mol. The van der Waals surface area contributed by atoms with E-state index in [-0.39, 0.29) is 4.75 Å². The van der Waals surface area contributed by atoms with Crippen LogP contribution in [-0.2, 0) is 17.3 Å². The summed E-state index contributed by atoms with van der Waals surface area (Å²) in [5.41, 5.74) is 1.36. The van der Waals surface area contributed by atoms with Gasteiger partial charge in [0.2, 0.25) is 0 Å². The molecule has 3 unspecified atom stereocenters. The average Bonchev–Trinajstić information content (AvgIpc) is 2.94. The van der Waals surface area contributed by atoms with Crippen LogP contribution in [0.4, 0.5) is 0 Å². The fourth-order valence-electron chi connectivity index (χ4n) is 3.30. The van der Waals surface area contributed by atoms with Crippen LogP contribution in [0.2, 0.25) is 0 Å². The number of hydrogen-bond acceptors (Lipinski definition) is 3. The summed E-state index contributed by atoms with van der Waals surface area (Å²) < 4.78 is 12.0. The van der Waals surface area contributed by atoms with Crippen molar-refractivity contribution in [2.45, 2.75) is 64.4 Å². The minimum Gasteiger partial charge on any atom is -0.357 e. The minimum atomic E-state index is -0.867. The lowest BCUT2D eigenvalue weighted by atomic mass is 10.2. The summed E-state index contributed by atoms with van der Waals surface area (Å²) in [5.74, 6) is 1.43. The number of guanidine groups is 1. The Morgan fingerprint density at radius 1 is 1.30 bits per heavy atom. The molecule has 1 aliphatic rings. The molecular formula is C21H36N4OS. The van der Waals surface area contributed by atoms with Crippen LogP contribution in [0.3, 0.4) is 0 Å². The maximum absolute atomic E-state index is 12.2. The molecule has 0 saturated carbocycles. The normalized spacial score (nSPS) is 22.6. The first-order chi connectivity index (χ1) is 12.8. The van der Waals surface area contributed by atoms with Gasteiger partial charge in [-0.3, -0.25) is 14.1 Å². The zero-order valence-electron chi connectivity index (χ0n) is 17.5. The lowest BCUT2D eigenvalue weighted by Gasteiger charge is -2.21. The first-order valence-electron chi connectivity index (χ1n) is 10.0. The van der Waals surface area contributed by atoms with Crippen molar-refractivity contribution < 1.29 is 4.21 Å². The zero-order chi connectivity index (χ0) is 19.9. The Kier molecular flexibility index (Phi) is 8.29. The van der Waals surface area contributed by atoms with Gasteiger partial charge in [0.05, 0.1) is 6.54 Å². The highest BCUT2D eigenvalue weighted by atomic mass is 32.2. The third kappa shape index (κ3) is 7.26. The number of benzene rings is 1. The van der Waals surface area contributed by atoms with E-state index >= 15 is 0 Å². The Hall–Kier alpha value is -1.40. The molecule has 0 aliphatic carbocycles. The zero-order valence-corrected chi connectivity index (χ0v) is 18.3. The van der Waals surface area contributed by atoms with Gasteiger partial charge in [0, 0.05) is 53.0 Å². The Balaban J connectivity index is 1.88. The summed E-state index contributed by atoms with van der Waals surface area (Å²) in [7, 11) is -0.867. The highest BCUT2D eigenvalue weighted by Crippen LogP contribution is 2.20. The van der Waals surface area contributed by atoms with E-state index in [9.17, 15) is 4.21 Å². The van der Waals surface area contributed by atoms with E-state index < -0.39 is 10.8 Å². The van der Waals surface area contributed by atoms with Crippen LogP contribution in [0.25, 0.3) is 0 Å². The van der Waals surface area contributed by atoms with Crippen LogP contribution >= 0.6 is 0 Å². The summed E-state index contributed by atoms with van der Waals surface area (Å²) >= 11 is 0. The van der Waals surface area contributed by atoms with E-state index in [0.717, 1.165) is 32.0 Å². The van der Waals surface area contributed by atoms with E-state index in [0.29, 0.717) is 24.4 Å². The van der Waals surface area contributed by atoms with Gasteiger partial charge < -0.3 is 10.6 Å². The molecule has 1 aromatic carbocycles. The summed E-state index contributed by atoms with van der Waals surface area (Å²) in [5, 5.41) is 6.90. The van der Waals surface area contributed by atoms with Crippen molar-refractivity contribution in [2.24, 2.45) is 4.99 Å². The van der Waals surface area contributed by atoms with Crippen LogP contribution in [0.1, 0.15) is 46.6 Å². The minimum absolute atomic E-state index is 0.180. The summed E-state index contributed by atoms with van der Waals surface area (Å²) in [6.45, 7) is 13.8. The second-order valence-electron chi connectivity index (χ2n) is 8.26. The molecule has 0 spiro atoms. The van der Waals surface area contributed by atoms with Crippen molar-refractivity contribution in [3.8, 4) is 0 Å². The van der Waals surface area contributed by atoms with Gasteiger partial charge in [0.15, 0.2) is 5.96 Å². The molecule has 1 fully saturated rings. The third-order valence-corrected chi connectivity index (χ3v) is 6.77. The molecule has 0 amide bonds. The molecule has 1 aliphatic heterocycles.